The van der Waals surface area contributed by atoms with Gasteiger partial charge in [-0.2, -0.15) is 0 Å². The lowest BCUT2D eigenvalue weighted by Crippen LogP contribution is -2.44. The van der Waals surface area contributed by atoms with Crippen LogP contribution in [0.4, 0.5) is 0 Å². The summed E-state index contributed by atoms with van der Waals surface area (Å²) in [4.78, 5) is 25.8. The number of aromatic nitrogens is 1. The van der Waals surface area contributed by atoms with E-state index in [1.165, 1.54) is 11.9 Å². The summed E-state index contributed by atoms with van der Waals surface area (Å²) in [5, 5.41) is 9.57. The molecule has 0 aliphatic heterocycles. The Kier molecular flexibility index (Phi) is 5.83. The highest BCUT2D eigenvalue weighted by Gasteiger charge is 2.29. The van der Waals surface area contributed by atoms with Crippen molar-refractivity contribution in [3.8, 4) is 0 Å². The van der Waals surface area contributed by atoms with Crippen molar-refractivity contribution < 1.29 is 14.7 Å². The number of hydrogen-bond donors (Lipinski definition) is 1. The molecule has 5 nitrogen and oxygen atoms in total. The number of aliphatic carboxylic acids is 1. The van der Waals surface area contributed by atoms with Crippen molar-refractivity contribution in [2.45, 2.75) is 32.4 Å². The van der Waals surface area contributed by atoms with Crippen LogP contribution in [0.3, 0.4) is 0 Å². The quantitative estimate of drug-likeness (QED) is 0.816. The van der Waals surface area contributed by atoms with E-state index in [0.29, 0.717) is 5.69 Å². The summed E-state index contributed by atoms with van der Waals surface area (Å²) in [7, 11) is 1.54. The van der Waals surface area contributed by atoms with Gasteiger partial charge in [0.05, 0.1) is 0 Å². The fourth-order valence-electron chi connectivity index (χ4n) is 2.59. The molecule has 1 atom stereocenters. The van der Waals surface area contributed by atoms with Gasteiger partial charge in [0, 0.05) is 30.2 Å². The molecule has 1 amide bonds. The maximum atomic E-state index is 12.8. The lowest BCUT2D eigenvalue weighted by atomic mass is 10.0. The first-order valence-corrected chi connectivity index (χ1v) is 8.51. The van der Waals surface area contributed by atoms with Crippen LogP contribution in [-0.4, -0.2) is 39.5 Å². The molecule has 1 aromatic heterocycles. The molecule has 2 aromatic rings. The summed E-state index contributed by atoms with van der Waals surface area (Å²) in [5.74, 6) is -1.32. The largest absolute Gasteiger partial charge is 0.480 e. The highest BCUT2D eigenvalue weighted by molar-refractivity contribution is 9.10. The predicted molar refractivity (Wildman–Crippen MR) is 96.2 cm³/mol. The molecule has 0 radical (unpaired) electrons. The van der Waals surface area contributed by atoms with Gasteiger partial charge in [-0.25, -0.2) is 4.79 Å². The van der Waals surface area contributed by atoms with E-state index in [0.717, 1.165) is 10.0 Å². The van der Waals surface area contributed by atoms with Gasteiger partial charge in [-0.15, -0.1) is 0 Å². The van der Waals surface area contributed by atoms with Crippen molar-refractivity contribution in [1.82, 2.24) is 9.47 Å². The highest BCUT2D eigenvalue weighted by atomic mass is 79.9. The maximum absolute atomic E-state index is 12.8. The summed E-state index contributed by atoms with van der Waals surface area (Å²) >= 11 is 3.38. The standard InChI is InChI=1S/C18H21BrN2O3/c1-12(2)21-11-14(19)10-15(21)17(22)20(3)16(18(23)24)9-13-7-5-4-6-8-13/h4-8,10-12,16H,9H2,1-3H3,(H,23,24). The topological polar surface area (TPSA) is 62.5 Å². The van der Waals surface area contributed by atoms with Gasteiger partial charge in [0.2, 0.25) is 0 Å². The fourth-order valence-corrected chi connectivity index (χ4v) is 3.03. The first kappa shape index (κ1) is 18.3. The molecule has 24 heavy (non-hydrogen) atoms. The molecule has 1 N–H and O–H groups in total. The van der Waals surface area contributed by atoms with E-state index < -0.39 is 12.0 Å². The van der Waals surface area contributed by atoms with E-state index in [1.54, 1.807) is 6.07 Å². The molecular formula is C18H21BrN2O3. The molecule has 0 bridgehead atoms. The van der Waals surface area contributed by atoms with E-state index in [2.05, 4.69) is 15.9 Å². The van der Waals surface area contributed by atoms with Crippen LogP contribution in [0.25, 0.3) is 0 Å². The number of rotatable bonds is 6. The third-order valence-corrected chi connectivity index (χ3v) is 4.37. The second kappa shape index (κ2) is 7.66. The Bertz CT molecular complexity index is 725. The van der Waals surface area contributed by atoms with Crippen LogP contribution >= 0.6 is 15.9 Å². The molecule has 0 aliphatic rings. The van der Waals surface area contributed by atoms with Crippen LogP contribution in [0.2, 0.25) is 0 Å². The molecule has 6 heteroatoms. The van der Waals surface area contributed by atoms with Crippen LogP contribution in [0.15, 0.2) is 47.1 Å². The van der Waals surface area contributed by atoms with Gasteiger partial charge in [0.25, 0.3) is 5.91 Å². The van der Waals surface area contributed by atoms with Crippen LogP contribution in [0.1, 0.15) is 35.9 Å². The Morgan fingerprint density at radius 3 is 2.42 bits per heavy atom. The molecule has 0 saturated heterocycles. The molecule has 0 spiro atoms. The van der Waals surface area contributed by atoms with Crippen LogP contribution < -0.4 is 0 Å². The van der Waals surface area contributed by atoms with Crippen molar-refractivity contribution in [3.05, 3.63) is 58.3 Å². The molecular weight excluding hydrogens is 372 g/mol. The number of amides is 1. The number of carboxylic acids is 1. The van der Waals surface area contributed by atoms with Crippen LogP contribution in [0, 0.1) is 0 Å². The zero-order chi connectivity index (χ0) is 17.9. The Morgan fingerprint density at radius 1 is 1.25 bits per heavy atom. The average Bonchev–Trinajstić information content (AvgIpc) is 2.94. The third-order valence-electron chi connectivity index (χ3n) is 3.94. The molecule has 1 heterocycles. The van der Waals surface area contributed by atoms with Crippen LogP contribution in [0.5, 0.6) is 0 Å². The number of nitrogens with zero attached hydrogens (tertiary/aromatic N) is 2. The van der Waals surface area contributed by atoms with Gasteiger partial charge < -0.3 is 14.6 Å². The second-order valence-electron chi connectivity index (χ2n) is 6.00. The van der Waals surface area contributed by atoms with Gasteiger partial charge in [0.15, 0.2) is 0 Å². The Balaban J connectivity index is 2.28. The Morgan fingerprint density at radius 2 is 1.88 bits per heavy atom. The number of carbonyl (C=O) groups excluding carboxylic acids is 1. The van der Waals surface area contributed by atoms with Crippen molar-refractivity contribution in [2.75, 3.05) is 7.05 Å². The molecule has 1 aromatic carbocycles. The van der Waals surface area contributed by atoms with Crippen molar-refractivity contribution in [2.24, 2.45) is 0 Å². The number of halogens is 1. The van der Waals surface area contributed by atoms with Gasteiger partial charge >= 0.3 is 5.97 Å². The molecule has 0 aliphatic carbocycles. The normalized spacial score (nSPS) is 12.2. The van der Waals surface area contributed by atoms with E-state index in [1.807, 2.05) is 54.9 Å². The molecule has 1 unspecified atom stereocenters. The van der Waals surface area contributed by atoms with Gasteiger partial charge in [-0.3, -0.25) is 4.79 Å². The third kappa shape index (κ3) is 4.06. The SMILES string of the molecule is CC(C)n1cc(Br)cc1C(=O)N(C)C(Cc1ccccc1)C(=O)O. The average molecular weight is 393 g/mol. The second-order valence-corrected chi connectivity index (χ2v) is 6.92. The highest BCUT2D eigenvalue weighted by Crippen LogP contribution is 2.21. The van der Waals surface area contributed by atoms with E-state index in [9.17, 15) is 14.7 Å². The van der Waals surface area contributed by atoms with E-state index in [4.69, 9.17) is 0 Å². The maximum Gasteiger partial charge on any atom is 0.326 e. The Labute approximate surface area is 150 Å². The lowest BCUT2D eigenvalue weighted by molar-refractivity contribution is -0.141. The lowest BCUT2D eigenvalue weighted by Gasteiger charge is -2.26. The minimum atomic E-state index is -1.02. The van der Waals surface area contributed by atoms with Crippen molar-refractivity contribution in [1.29, 1.82) is 0 Å². The van der Waals surface area contributed by atoms with E-state index in [-0.39, 0.29) is 18.4 Å². The molecule has 2 rings (SSSR count). The number of benzene rings is 1. The number of carboxylic acid groups (broad SMARTS) is 1. The smallest absolute Gasteiger partial charge is 0.326 e. The molecule has 0 saturated carbocycles. The minimum absolute atomic E-state index is 0.0982. The van der Waals surface area contributed by atoms with Gasteiger partial charge in [-0.05, 0) is 41.4 Å². The first-order chi connectivity index (χ1) is 11.3. The van der Waals surface area contributed by atoms with Crippen LogP contribution in [-0.2, 0) is 11.2 Å². The molecule has 128 valence electrons. The van der Waals surface area contributed by atoms with Crippen molar-refractivity contribution >= 4 is 27.8 Å². The number of likely N-dealkylation sites (N-methyl/N-ethyl adjacent to an activating group) is 1. The minimum Gasteiger partial charge on any atom is -0.480 e. The monoisotopic (exact) mass is 392 g/mol. The Hall–Kier alpha value is -2.08. The number of hydrogen-bond acceptors (Lipinski definition) is 2. The van der Waals surface area contributed by atoms with Crippen molar-refractivity contribution in [3.63, 3.8) is 0 Å². The summed E-state index contributed by atoms with van der Waals surface area (Å²) in [5.41, 5.74) is 1.35. The summed E-state index contributed by atoms with van der Waals surface area (Å²) < 4.78 is 2.63. The molecule has 0 fully saturated rings. The fraction of sp³-hybridized carbons (Fsp3) is 0.333. The van der Waals surface area contributed by atoms with Gasteiger partial charge in [0.1, 0.15) is 11.7 Å². The number of carbonyl (C=O) groups is 2. The summed E-state index contributed by atoms with van der Waals surface area (Å²) in [6.45, 7) is 3.95. The van der Waals surface area contributed by atoms with E-state index >= 15 is 0 Å². The predicted octanol–water partition coefficient (Wildman–Crippen LogP) is 3.60. The summed E-state index contributed by atoms with van der Waals surface area (Å²) in [6.07, 6.45) is 2.10. The van der Waals surface area contributed by atoms with Gasteiger partial charge in [-0.1, -0.05) is 30.3 Å². The first-order valence-electron chi connectivity index (χ1n) is 7.72. The zero-order valence-corrected chi connectivity index (χ0v) is 15.5. The zero-order valence-electron chi connectivity index (χ0n) is 13.9. The summed E-state index contributed by atoms with van der Waals surface area (Å²) in [6, 6.07) is 10.2.